The van der Waals surface area contributed by atoms with Crippen LogP contribution in [-0.2, 0) is 19.4 Å². The number of benzene rings is 3. The number of unbranched alkanes of at least 4 members (excludes halogenated alkanes) is 1. The summed E-state index contributed by atoms with van der Waals surface area (Å²) < 4.78 is 2.28. The molecule has 1 aliphatic carbocycles. The van der Waals surface area contributed by atoms with E-state index in [1.54, 1.807) is 24.3 Å². The van der Waals surface area contributed by atoms with Crippen LogP contribution in [0.15, 0.2) is 83.9 Å². The average Bonchev–Trinajstić information content (AvgIpc) is 3.69. The molecule has 5 aromatic rings. The van der Waals surface area contributed by atoms with Crippen LogP contribution >= 0.6 is 0 Å². The van der Waals surface area contributed by atoms with E-state index in [1.165, 1.54) is 0 Å². The van der Waals surface area contributed by atoms with Gasteiger partial charge in [-0.05, 0) is 58.2 Å². The highest BCUT2D eigenvalue weighted by molar-refractivity contribution is 6.13. The fraction of sp³-hybridized carbons (Fsp3) is 0.206. The number of aliphatic imine (C=N–C) groups is 1. The molecule has 6 rings (SSSR count). The van der Waals surface area contributed by atoms with Crippen LogP contribution in [0, 0.1) is 0 Å². The number of carbonyl (C=O) groups is 2. The Balaban J connectivity index is 1.31. The number of hydrogen-bond donors (Lipinski definition) is 1. The van der Waals surface area contributed by atoms with Gasteiger partial charge in [0.15, 0.2) is 12.1 Å². The van der Waals surface area contributed by atoms with Crippen molar-refractivity contribution in [1.82, 2.24) is 30.2 Å². The van der Waals surface area contributed by atoms with Crippen LogP contribution in [0.3, 0.4) is 0 Å². The van der Waals surface area contributed by atoms with Gasteiger partial charge in [0.05, 0.1) is 22.7 Å². The lowest BCUT2D eigenvalue weighted by molar-refractivity contribution is 0.0995. The van der Waals surface area contributed by atoms with Gasteiger partial charge in [-0.1, -0.05) is 80.1 Å². The van der Waals surface area contributed by atoms with E-state index in [4.69, 9.17) is 4.98 Å². The molecule has 9 nitrogen and oxygen atoms in total. The summed E-state index contributed by atoms with van der Waals surface area (Å²) in [6.07, 6.45) is 6.08. The number of tetrazole rings is 1. The monoisotopic (exact) mass is 569 g/mol. The summed E-state index contributed by atoms with van der Waals surface area (Å²) in [6, 6.07) is 23.3. The van der Waals surface area contributed by atoms with Crippen molar-refractivity contribution < 1.29 is 9.59 Å². The van der Waals surface area contributed by atoms with Gasteiger partial charge < -0.3 is 4.57 Å². The number of fused-ring (bicyclic) bond motifs is 1. The number of allylic oxidation sites excluding steroid dienone is 2. The molecular weight excluding hydrogens is 538 g/mol. The number of aldehydes is 1. The molecule has 43 heavy (non-hydrogen) atoms. The molecular formula is C34H31N7O2. The number of rotatable bonds is 9. The summed E-state index contributed by atoms with van der Waals surface area (Å²) in [5.74, 6) is 1.24. The fourth-order valence-corrected chi connectivity index (χ4v) is 5.53. The molecule has 0 bridgehead atoms. The van der Waals surface area contributed by atoms with E-state index in [0.29, 0.717) is 41.9 Å². The van der Waals surface area contributed by atoms with E-state index in [0.717, 1.165) is 64.3 Å². The predicted octanol–water partition coefficient (Wildman–Crippen LogP) is 6.17. The number of imidazole rings is 1. The number of hydrogen-bond acceptors (Lipinski definition) is 6. The number of aryl methyl sites for hydroxylation is 1. The Morgan fingerprint density at radius 2 is 1.79 bits per heavy atom. The Labute approximate surface area is 249 Å². The van der Waals surface area contributed by atoms with Gasteiger partial charge in [0.2, 0.25) is 0 Å². The van der Waals surface area contributed by atoms with Crippen LogP contribution in [0.4, 0.5) is 0 Å². The smallest absolute Gasteiger partial charge is 0.277 e. The second-order valence-electron chi connectivity index (χ2n) is 10.6. The maximum atomic E-state index is 13.1. The third-order valence-corrected chi connectivity index (χ3v) is 7.71. The van der Waals surface area contributed by atoms with Crippen molar-refractivity contribution in [2.24, 2.45) is 4.99 Å². The van der Waals surface area contributed by atoms with E-state index in [-0.39, 0.29) is 0 Å². The summed E-state index contributed by atoms with van der Waals surface area (Å²) in [5, 5.41) is 14.4. The lowest BCUT2D eigenvalue weighted by atomic mass is 9.98. The quantitative estimate of drug-likeness (QED) is 0.212. The molecule has 0 saturated carbocycles. The highest BCUT2D eigenvalue weighted by Gasteiger charge is 2.24. The Morgan fingerprint density at radius 3 is 2.53 bits per heavy atom. The summed E-state index contributed by atoms with van der Waals surface area (Å²) in [5.41, 5.74) is 8.47. The van der Waals surface area contributed by atoms with Crippen LogP contribution in [0.2, 0.25) is 0 Å². The third kappa shape index (κ3) is 5.74. The van der Waals surface area contributed by atoms with Crippen molar-refractivity contribution in [3.63, 3.8) is 0 Å². The molecule has 0 radical (unpaired) electrons. The van der Waals surface area contributed by atoms with Crippen molar-refractivity contribution >= 4 is 23.5 Å². The topological polar surface area (TPSA) is 119 Å². The van der Waals surface area contributed by atoms with Crippen LogP contribution in [0.5, 0.6) is 0 Å². The molecule has 2 aromatic heterocycles. The molecule has 0 spiro atoms. The average molecular weight is 570 g/mol. The molecule has 2 heterocycles. The van der Waals surface area contributed by atoms with E-state index in [1.807, 2.05) is 31.2 Å². The molecule has 9 heteroatoms. The van der Waals surface area contributed by atoms with E-state index in [9.17, 15) is 9.59 Å². The highest BCUT2D eigenvalue weighted by Crippen LogP contribution is 2.31. The van der Waals surface area contributed by atoms with Crippen molar-refractivity contribution in [3.05, 3.63) is 113 Å². The van der Waals surface area contributed by atoms with Gasteiger partial charge in [-0.3, -0.25) is 9.59 Å². The molecule has 0 unspecified atom stereocenters. The van der Waals surface area contributed by atoms with Crippen LogP contribution in [0.1, 0.15) is 70.2 Å². The number of aromatic amines is 1. The van der Waals surface area contributed by atoms with Gasteiger partial charge in [-0.2, -0.15) is 0 Å². The standard InChI is InChI=1S/C34H31N7O2/c1-3-4-13-31-36-32-22(2)18-26(35-34(43)28-11-6-5-9-25(28)21-42)19-30(32)41(31)20-23-14-16-24(17-15-23)27-10-7-8-12-29(27)33-37-39-40-38-33/h5-12,14-18,21H,3-4,13,19-20H2,1-2H3,(H,37,38,39,40). The van der Waals surface area contributed by atoms with Crippen LogP contribution in [0.25, 0.3) is 28.1 Å². The van der Waals surface area contributed by atoms with Crippen LogP contribution in [-0.4, -0.2) is 48.1 Å². The summed E-state index contributed by atoms with van der Waals surface area (Å²) >= 11 is 0. The fourth-order valence-electron chi connectivity index (χ4n) is 5.53. The first kappa shape index (κ1) is 27.8. The minimum atomic E-state index is -0.417. The van der Waals surface area contributed by atoms with Gasteiger partial charge in [0.25, 0.3) is 5.91 Å². The number of aromatic nitrogens is 6. The second kappa shape index (κ2) is 12.3. The number of amides is 1. The lowest BCUT2D eigenvalue weighted by Crippen LogP contribution is -2.16. The summed E-state index contributed by atoms with van der Waals surface area (Å²) in [6.45, 7) is 4.84. The molecule has 1 aliphatic rings. The molecule has 0 aliphatic heterocycles. The van der Waals surface area contributed by atoms with E-state index >= 15 is 0 Å². The largest absolute Gasteiger partial charge is 0.327 e. The number of nitrogens with one attached hydrogen (secondary N) is 1. The highest BCUT2D eigenvalue weighted by atomic mass is 16.1. The summed E-state index contributed by atoms with van der Waals surface area (Å²) in [4.78, 5) is 34.1. The first-order valence-electron chi connectivity index (χ1n) is 14.4. The van der Waals surface area contributed by atoms with Gasteiger partial charge in [-0.25, -0.2) is 15.1 Å². The molecule has 0 saturated heterocycles. The van der Waals surface area contributed by atoms with Gasteiger partial charge in [0, 0.05) is 30.5 Å². The van der Waals surface area contributed by atoms with Crippen LogP contribution < -0.4 is 0 Å². The molecule has 214 valence electrons. The Morgan fingerprint density at radius 1 is 1.02 bits per heavy atom. The maximum Gasteiger partial charge on any atom is 0.277 e. The zero-order valence-electron chi connectivity index (χ0n) is 24.1. The minimum Gasteiger partial charge on any atom is -0.327 e. The van der Waals surface area contributed by atoms with E-state index in [2.05, 4.69) is 67.4 Å². The Bertz CT molecular complexity index is 1850. The van der Waals surface area contributed by atoms with E-state index < -0.39 is 5.91 Å². The minimum absolute atomic E-state index is 0.306. The second-order valence-corrected chi connectivity index (χ2v) is 10.6. The van der Waals surface area contributed by atoms with Crippen molar-refractivity contribution in [2.45, 2.75) is 46.1 Å². The third-order valence-electron chi connectivity index (χ3n) is 7.71. The summed E-state index contributed by atoms with van der Waals surface area (Å²) in [7, 11) is 0. The normalized spacial score (nSPS) is 13.5. The van der Waals surface area contributed by atoms with Crippen molar-refractivity contribution in [3.8, 4) is 22.5 Å². The van der Waals surface area contributed by atoms with Gasteiger partial charge >= 0.3 is 0 Å². The number of H-pyrrole nitrogens is 1. The lowest BCUT2D eigenvalue weighted by Gasteiger charge is -2.17. The molecule has 1 N–H and O–H groups in total. The van der Waals surface area contributed by atoms with Crippen molar-refractivity contribution in [2.75, 3.05) is 0 Å². The molecule has 0 fully saturated rings. The predicted molar refractivity (Wildman–Crippen MR) is 166 cm³/mol. The molecule has 1 amide bonds. The Hall–Kier alpha value is -5.31. The van der Waals surface area contributed by atoms with Crippen molar-refractivity contribution in [1.29, 1.82) is 0 Å². The Kier molecular flexibility index (Phi) is 7.95. The van der Waals surface area contributed by atoms with Gasteiger partial charge in [-0.15, -0.1) is 5.10 Å². The SMILES string of the molecule is CCCCc1nc2c(n1Cc1ccc(-c3ccccc3-c3nnn[nH]3)cc1)CC(=NC(=O)c1ccccc1C=O)C=C2C. The zero-order chi connectivity index (χ0) is 29.8. The zero-order valence-corrected chi connectivity index (χ0v) is 24.1. The van der Waals surface area contributed by atoms with Gasteiger partial charge in [0.1, 0.15) is 5.82 Å². The first-order valence-corrected chi connectivity index (χ1v) is 14.4. The molecule has 3 aromatic carbocycles. The first-order chi connectivity index (χ1) is 21.1. The number of carbonyl (C=O) groups excluding carboxylic acids is 2. The maximum absolute atomic E-state index is 13.1. The number of nitrogens with zero attached hydrogens (tertiary/aromatic N) is 6. The molecule has 0 atom stereocenters.